The molecule has 4 heteroatoms. The summed E-state index contributed by atoms with van der Waals surface area (Å²) in [5.74, 6) is -2.07. The summed E-state index contributed by atoms with van der Waals surface area (Å²) in [4.78, 5) is 22.5. The van der Waals surface area contributed by atoms with E-state index in [0.717, 1.165) is 0 Å². The molecule has 2 aromatic carbocycles. The molecule has 0 heterocycles. The molecule has 0 saturated carbocycles. The maximum absolute atomic E-state index is 11.3. The van der Waals surface area contributed by atoms with Crippen molar-refractivity contribution in [3.63, 3.8) is 0 Å². The summed E-state index contributed by atoms with van der Waals surface area (Å²) in [5, 5.41) is 19.4. The lowest BCUT2D eigenvalue weighted by molar-refractivity contribution is 0.0683. The Balaban J connectivity index is 2.96. The van der Waals surface area contributed by atoms with Crippen molar-refractivity contribution in [1.82, 2.24) is 0 Å². The fourth-order valence-electron chi connectivity index (χ4n) is 2.14. The molecule has 0 amide bonds. The number of aromatic carboxylic acids is 2. The Kier molecular flexibility index (Phi) is 3.02. The SMILES string of the molecule is CCc1cc(C(=O)O)c2ccccc2c1C(=O)O. The van der Waals surface area contributed by atoms with Crippen LogP contribution in [0.5, 0.6) is 0 Å². The van der Waals surface area contributed by atoms with Gasteiger partial charge in [0.05, 0.1) is 11.1 Å². The summed E-state index contributed by atoms with van der Waals surface area (Å²) >= 11 is 0. The van der Waals surface area contributed by atoms with Crippen LogP contribution >= 0.6 is 0 Å². The standard InChI is InChI=1S/C14H12O4/c1-2-8-7-11(13(15)16)9-5-3-4-6-10(9)12(8)14(17)18/h3-7H,2H2,1H3,(H,15,16)(H,17,18). The lowest BCUT2D eigenvalue weighted by Crippen LogP contribution is -2.07. The number of fused-ring (bicyclic) bond motifs is 1. The number of hydrogen-bond acceptors (Lipinski definition) is 2. The van der Waals surface area contributed by atoms with E-state index >= 15 is 0 Å². The average Bonchev–Trinajstić information content (AvgIpc) is 2.35. The molecule has 0 bridgehead atoms. The van der Waals surface area contributed by atoms with Crippen LogP contribution in [0.25, 0.3) is 10.8 Å². The molecule has 0 aromatic heterocycles. The highest BCUT2D eigenvalue weighted by Crippen LogP contribution is 2.27. The minimum absolute atomic E-state index is 0.146. The highest BCUT2D eigenvalue weighted by Gasteiger charge is 2.18. The maximum atomic E-state index is 11.3. The van der Waals surface area contributed by atoms with Gasteiger partial charge in [0, 0.05) is 0 Å². The van der Waals surface area contributed by atoms with Crippen LogP contribution in [0.15, 0.2) is 30.3 Å². The average molecular weight is 244 g/mol. The Labute approximate surface area is 103 Å². The molecule has 2 N–H and O–H groups in total. The zero-order valence-electron chi connectivity index (χ0n) is 9.80. The molecule has 0 aliphatic heterocycles. The van der Waals surface area contributed by atoms with Crippen molar-refractivity contribution in [3.05, 3.63) is 47.0 Å². The topological polar surface area (TPSA) is 74.6 Å². The third-order valence-electron chi connectivity index (χ3n) is 2.95. The zero-order valence-corrected chi connectivity index (χ0v) is 9.80. The van der Waals surface area contributed by atoms with E-state index in [-0.39, 0.29) is 11.1 Å². The van der Waals surface area contributed by atoms with Gasteiger partial charge < -0.3 is 10.2 Å². The van der Waals surface area contributed by atoms with E-state index < -0.39 is 11.9 Å². The minimum Gasteiger partial charge on any atom is -0.478 e. The fourth-order valence-corrected chi connectivity index (χ4v) is 2.14. The predicted octanol–water partition coefficient (Wildman–Crippen LogP) is 2.80. The van der Waals surface area contributed by atoms with Gasteiger partial charge in [0.15, 0.2) is 0 Å². The van der Waals surface area contributed by atoms with Gasteiger partial charge in [0.25, 0.3) is 0 Å². The van der Waals surface area contributed by atoms with Crippen LogP contribution in [-0.4, -0.2) is 22.2 Å². The van der Waals surface area contributed by atoms with Crippen molar-refractivity contribution in [1.29, 1.82) is 0 Å². The second kappa shape index (κ2) is 4.49. The Hall–Kier alpha value is -2.36. The molecule has 92 valence electrons. The van der Waals surface area contributed by atoms with Crippen molar-refractivity contribution < 1.29 is 19.8 Å². The van der Waals surface area contributed by atoms with Gasteiger partial charge in [-0.05, 0) is 28.8 Å². The normalized spacial score (nSPS) is 10.5. The predicted molar refractivity (Wildman–Crippen MR) is 67.2 cm³/mol. The molecule has 2 aromatic rings. The molecule has 0 unspecified atom stereocenters. The Morgan fingerprint density at radius 1 is 1.06 bits per heavy atom. The van der Waals surface area contributed by atoms with E-state index in [4.69, 9.17) is 0 Å². The summed E-state index contributed by atoms with van der Waals surface area (Å²) in [6, 6.07) is 8.13. The highest BCUT2D eigenvalue weighted by atomic mass is 16.4. The maximum Gasteiger partial charge on any atom is 0.336 e. The van der Waals surface area contributed by atoms with E-state index in [9.17, 15) is 19.8 Å². The Bertz CT molecular complexity index is 644. The Morgan fingerprint density at radius 2 is 1.67 bits per heavy atom. The van der Waals surface area contributed by atoms with Gasteiger partial charge in [-0.15, -0.1) is 0 Å². The highest BCUT2D eigenvalue weighted by molar-refractivity contribution is 6.12. The van der Waals surface area contributed by atoms with Gasteiger partial charge in [-0.3, -0.25) is 0 Å². The first-order valence-electron chi connectivity index (χ1n) is 5.57. The monoisotopic (exact) mass is 244 g/mol. The van der Waals surface area contributed by atoms with E-state index in [0.29, 0.717) is 22.8 Å². The molecular weight excluding hydrogens is 232 g/mol. The van der Waals surface area contributed by atoms with Crippen LogP contribution < -0.4 is 0 Å². The number of carboxylic acids is 2. The largest absolute Gasteiger partial charge is 0.478 e. The second-order valence-corrected chi connectivity index (χ2v) is 3.97. The van der Waals surface area contributed by atoms with Crippen LogP contribution in [0, 0.1) is 0 Å². The molecule has 4 nitrogen and oxygen atoms in total. The van der Waals surface area contributed by atoms with Gasteiger partial charge in [-0.2, -0.15) is 0 Å². The zero-order chi connectivity index (χ0) is 13.3. The first kappa shape index (κ1) is 12.1. The third kappa shape index (κ3) is 1.82. The molecular formula is C14H12O4. The summed E-state index contributed by atoms with van der Waals surface area (Å²) in [6.45, 7) is 1.81. The number of hydrogen-bond donors (Lipinski definition) is 2. The van der Waals surface area contributed by atoms with Crippen molar-refractivity contribution >= 4 is 22.7 Å². The fraction of sp³-hybridized carbons (Fsp3) is 0.143. The molecule has 0 aliphatic carbocycles. The van der Waals surface area contributed by atoms with Crippen molar-refractivity contribution in [2.45, 2.75) is 13.3 Å². The number of benzene rings is 2. The van der Waals surface area contributed by atoms with Gasteiger partial charge >= 0.3 is 11.9 Å². The van der Waals surface area contributed by atoms with Crippen LogP contribution in [0.1, 0.15) is 33.2 Å². The van der Waals surface area contributed by atoms with Crippen molar-refractivity contribution in [2.24, 2.45) is 0 Å². The van der Waals surface area contributed by atoms with E-state index in [1.807, 2.05) is 6.92 Å². The second-order valence-electron chi connectivity index (χ2n) is 3.97. The molecule has 0 atom stereocenters. The number of rotatable bonds is 3. The van der Waals surface area contributed by atoms with Crippen molar-refractivity contribution in [2.75, 3.05) is 0 Å². The van der Waals surface area contributed by atoms with Gasteiger partial charge in [-0.25, -0.2) is 9.59 Å². The molecule has 18 heavy (non-hydrogen) atoms. The van der Waals surface area contributed by atoms with Crippen molar-refractivity contribution in [3.8, 4) is 0 Å². The van der Waals surface area contributed by atoms with Crippen LogP contribution in [-0.2, 0) is 6.42 Å². The van der Waals surface area contributed by atoms with Crippen LogP contribution in [0.3, 0.4) is 0 Å². The van der Waals surface area contributed by atoms with Gasteiger partial charge in [0.2, 0.25) is 0 Å². The third-order valence-corrected chi connectivity index (χ3v) is 2.95. The first-order valence-corrected chi connectivity index (χ1v) is 5.57. The molecule has 0 aliphatic rings. The van der Waals surface area contributed by atoms with E-state index in [1.54, 1.807) is 24.3 Å². The quantitative estimate of drug-likeness (QED) is 0.870. The number of carboxylic acid groups (broad SMARTS) is 2. The van der Waals surface area contributed by atoms with Crippen LogP contribution in [0.4, 0.5) is 0 Å². The number of carbonyl (C=O) groups is 2. The summed E-state index contributed by atoms with van der Waals surface area (Å²) < 4.78 is 0. The van der Waals surface area contributed by atoms with Gasteiger partial charge in [-0.1, -0.05) is 31.2 Å². The summed E-state index contributed by atoms with van der Waals surface area (Å²) in [6.07, 6.45) is 0.479. The molecule has 0 fully saturated rings. The van der Waals surface area contributed by atoms with Gasteiger partial charge in [0.1, 0.15) is 0 Å². The minimum atomic E-state index is -1.04. The van der Waals surface area contributed by atoms with E-state index in [1.165, 1.54) is 6.07 Å². The molecule has 0 saturated heterocycles. The molecule has 0 spiro atoms. The lowest BCUT2D eigenvalue weighted by atomic mass is 9.93. The van der Waals surface area contributed by atoms with Crippen LogP contribution in [0.2, 0.25) is 0 Å². The molecule has 0 radical (unpaired) electrons. The Morgan fingerprint density at radius 3 is 2.17 bits per heavy atom. The van der Waals surface area contributed by atoms with E-state index in [2.05, 4.69) is 0 Å². The smallest absolute Gasteiger partial charge is 0.336 e. The number of aryl methyl sites for hydroxylation is 1. The first-order chi connectivity index (χ1) is 8.56. The summed E-state index contributed by atoms with van der Waals surface area (Å²) in [7, 11) is 0. The lowest BCUT2D eigenvalue weighted by Gasteiger charge is -2.11. The summed E-state index contributed by atoms with van der Waals surface area (Å²) in [5.41, 5.74) is 0.879. The molecule has 2 rings (SSSR count).